The summed E-state index contributed by atoms with van der Waals surface area (Å²) in [6.45, 7) is 2.04. The molecule has 0 saturated carbocycles. The van der Waals surface area contributed by atoms with Crippen LogP contribution >= 0.6 is 0 Å². The summed E-state index contributed by atoms with van der Waals surface area (Å²) in [4.78, 5) is 26.0. The molecule has 1 aromatic heterocycles. The standard InChI is InChI=1S/C9H13N3O3/c1-3-15-9(14)8(13)11-6-7-10-4-5-12(7)2/h4-5H,3,6H2,1-2H3,(H,11,13). The molecule has 1 amide bonds. The van der Waals surface area contributed by atoms with Crippen LogP contribution in [0.3, 0.4) is 0 Å². The molecule has 6 heteroatoms. The summed E-state index contributed by atoms with van der Waals surface area (Å²) in [5.74, 6) is -0.945. The number of hydrogen-bond donors (Lipinski definition) is 1. The summed E-state index contributed by atoms with van der Waals surface area (Å²) < 4.78 is 6.28. The zero-order chi connectivity index (χ0) is 11.3. The molecule has 15 heavy (non-hydrogen) atoms. The quantitative estimate of drug-likeness (QED) is 0.545. The molecule has 1 rings (SSSR count). The molecule has 1 heterocycles. The SMILES string of the molecule is CCOC(=O)C(=O)NCc1nccn1C. The minimum absolute atomic E-state index is 0.189. The average Bonchev–Trinajstić information content (AvgIpc) is 2.61. The van der Waals surface area contributed by atoms with Crippen LogP contribution in [-0.2, 0) is 27.9 Å². The van der Waals surface area contributed by atoms with E-state index in [2.05, 4.69) is 15.0 Å². The van der Waals surface area contributed by atoms with Gasteiger partial charge in [-0.3, -0.25) is 4.79 Å². The fourth-order valence-electron chi connectivity index (χ4n) is 0.995. The predicted molar refractivity (Wildman–Crippen MR) is 51.7 cm³/mol. The Morgan fingerprint density at radius 1 is 1.60 bits per heavy atom. The van der Waals surface area contributed by atoms with Gasteiger partial charge in [-0.1, -0.05) is 0 Å². The minimum atomic E-state index is -0.869. The van der Waals surface area contributed by atoms with E-state index in [1.165, 1.54) is 0 Å². The second kappa shape index (κ2) is 5.14. The number of nitrogens with zero attached hydrogens (tertiary/aromatic N) is 2. The lowest BCUT2D eigenvalue weighted by Crippen LogP contribution is -2.32. The molecule has 82 valence electrons. The van der Waals surface area contributed by atoms with E-state index >= 15 is 0 Å². The number of nitrogens with one attached hydrogen (secondary N) is 1. The molecule has 0 aliphatic rings. The lowest BCUT2D eigenvalue weighted by molar-refractivity contribution is -0.154. The zero-order valence-electron chi connectivity index (χ0n) is 8.69. The molecular formula is C9H13N3O3. The van der Waals surface area contributed by atoms with Crippen molar-refractivity contribution < 1.29 is 14.3 Å². The van der Waals surface area contributed by atoms with Crippen LogP contribution < -0.4 is 5.32 Å². The van der Waals surface area contributed by atoms with Gasteiger partial charge in [0.2, 0.25) is 0 Å². The Morgan fingerprint density at radius 2 is 2.33 bits per heavy atom. The maximum Gasteiger partial charge on any atom is 0.396 e. The molecule has 6 nitrogen and oxygen atoms in total. The maximum atomic E-state index is 11.1. The lowest BCUT2D eigenvalue weighted by atomic mass is 10.5. The summed E-state index contributed by atoms with van der Waals surface area (Å²) in [5, 5.41) is 2.41. The zero-order valence-corrected chi connectivity index (χ0v) is 8.69. The van der Waals surface area contributed by atoms with Crippen LogP contribution in [0.4, 0.5) is 0 Å². The second-order valence-corrected chi connectivity index (χ2v) is 2.86. The predicted octanol–water partition coefficient (Wildman–Crippen LogP) is -0.401. The molecule has 0 aliphatic heterocycles. The van der Waals surface area contributed by atoms with Crippen molar-refractivity contribution in [3.63, 3.8) is 0 Å². The smallest absolute Gasteiger partial charge is 0.396 e. The molecule has 1 N–H and O–H groups in total. The van der Waals surface area contributed by atoms with Gasteiger partial charge in [0, 0.05) is 19.4 Å². The topological polar surface area (TPSA) is 73.2 Å². The first-order chi connectivity index (χ1) is 7.15. The van der Waals surface area contributed by atoms with Gasteiger partial charge in [0.25, 0.3) is 0 Å². The minimum Gasteiger partial charge on any atom is -0.459 e. The molecule has 0 unspecified atom stereocenters. The largest absolute Gasteiger partial charge is 0.459 e. The Morgan fingerprint density at radius 3 is 2.87 bits per heavy atom. The number of aromatic nitrogens is 2. The molecular weight excluding hydrogens is 198 g/mol. The monoisotopic (exact) mass is 211 g/mol. The van der Waals surface area contributed by atoms with Gasteiger partial charge in [-0.15, -0.1) is 0 Å². The van der Waals surface area contributed by atoms with E-state index in [1.54, 1.807) is 30.9 Å². The van der Waals surface area contributed by atoms with Crippen molar-refractivity contribution in [1.82, 2.24) is 14.9 Å². The fourth-order valence-corrected chi connectivity index (χ4v) is 0.995. The molecule has 0 fully saturated rings. The van der Waals surface area contributed by atoms with Crippen LogP contribution in [0.25, 0.3) is 0 Å². The molecule has 0 radical (unpaired) electrons. The molecule has 0 bridgehead atoms. The first-order valence-electron chi connectivity index (χ1n) is 4.56. The van der Waals surface area contributed by atoms with Crippen LogP contribution in [0.5, 0.6) is 0 Å². The highest BCUT2D eigenvalue weighted by atomic mass is 16.5. The number of hydrogen-bond acceptors (Lipinski definition) is 4. The van der Waals surface area contributed by atoms with Crippen molar-refractivity contribution in [2.45, 2.75) is 13.5 Å². The van der Waals surface area contributed by atoms with Crippen LogP contribution in [0.1, 0.15) is 12.7 Å². The number of ether oxygens (including phenoxy) is 1. The highest BCUT2D eigenvalue weighted by molar-refractivity contribution is 6.32. The van der Waals surface area contributed by atoms with Crippen LogP contribution in [0.2, 0.25) is 0 Å². The van der Waals surface area contributed by atoms with Gasteiger partial charge in [0.05, 0.1) is 13.2 Å². The Balaban J connectivity index is 2.41. The van der Waals surface area contributed by atoms with Gasteiger partial charge in [-0.25, -0.2) is 9.78 Å². The number of imidazole rings is 1. The van der Waals surface area contributed by atoms with E-state index in [0.717, 1.165) is 0 Å². The third-order valence-electron chi connectivity index (χ3n) is 1.79. The number of amides is 1. The number of esters is 1. The van der Waals surface area contributed by atoms with E-state index in [1.807, 2.05) is 0 Å². The number of rotatable bonds is 3. The Bertz CT molecular complexity index is 359. The van der Waals surface area contributed by atoms with Gasteiger partial charge < -0.3 is 14.6 Å². The Kier molecular flexibility index (Phi) is 3.84. The van der Waals surface area contributed by atoms with Crippen molar-refractivity contribution in [2.24, 2.45) is 7.05 Å². The molecule has 1 aromatic rings. The van der Waals surface area contributed by atoms with Crippen molar-refractivity contribution in [2.75, 3.05) is 6.61 Å². The van der Waals surface area contributed by atoms with Crippen LogP contribution in [-0.4, -0.2) is 28.0 Å². The lowest BCUT2D eigenvalue weighted by Gasteiger charge is -2.04. The summed E-state index contributed by atoms with van der Waals surface area (Å²) in [6.07, 6.45) is 3.37. The average molecular weight is 211 g/mol. The highest BCUT2D eigenvalue weighted by Crippen LogP contribution is 1.92. The van der Waals surface area contributed by atoms with Gasteiger partial charge in [0.1, 0.15) is 5.82 Å². The first kappa shape index (κ1) is 11.2. The molecule has 0 aliphatic carbocycles. The Hall–Kier alpha value is -1.85. The number of aryl methyl sites for hydroxylation is 1. The van der Waals surface area contributed by atoms with Crippen molar-refractivity contribution in [3.8, 4) is 0 Å². The Labute approximate surface area is 87.2 Å². The first-order valence-corrected chi connectivity index (χ1v) is 4.56. The third kappa shape index (κ3) is 3.08. The van der Waals surface area contributed by atoms with E-state index in [4.69, 9.17) is 0 Å². The number of carbonyl (C=O) groups excluding carboxylic acids is 2. The van der Waals surface area contributed by atoms with Crippen molar-refractivity contribution in [1.29, 1.82) is 0 Å². The van der Waals surface area contributed by atoms with Crippen molar-refractivity contribution >= 4 is 11.9 Å². The third-order valence-corrected chi connectivity index (χ3v) is 1.79. The molecule has 0 saturated heterocycles. The summed E-state index contributed by atoms with van der Waals surface area (Å²) in [5.41, 5.74) is 0. The number of carbonyl (C=O) groups is 2. The summed E-state index contributed by atoms with van der Waals surface area (Å²) in [7, 11) is 1.80. The highest BCUT2D eigenvalue weighted by Gasteiger charge is 2.14. The fraction of sp³-hybridized carbons (Fsp3) is 0.444. The second-order valence-electron chi connectivity index (χ2n) is 2.86. The van der Waals surface area contributed by atoms with E-state index in [9.17, 15) is 9.59 Å². The van der Waals surface area contributed by atoms with E-state index < -0.39 is 11.9 Å². The maximum absolute atomic E-state index is 11.1. The molecule has 0 spiro atoms. The normalized spacial score (nSPS) is 9.73. The van der Waals surface area contributed by atoms with Gasteiger partial charge in [-0.05, 0) is 6.92 Å². The van der Waals surface area contributed by atoms with Gasteiger partial charge in [0.15, 0.2) is 0 Å². The van der Waals surface area contributed by atoms with Gasteiger partial charge >= 0.3 is 11.9 Å². The van der Waals surface area contributed by atoms with E-state index in [0.29, 0.717) is 5.82 Å². The molecule has 0 atom stereocenters. The summed E-state index contributed by atoms with van der Waals surface area (Å²) in [6, 6.07) is 0. The molecule has 0 aromatic carbocycles. The van der Waals surface area contributed by atoms with Crippen LogP contribution in [0, 0.1) is 0 Å². The summed E-state index contributed by atoms with van der Waals surface area (Å²) >= 11 is 0. The van der Waals surface area contributed by atoms with Crippen molar-refractivity contribution in [3.05, 3.63) is 18.2 Å². The van der Waals surface area contributed by atoms with Crippen LogP contribution in [0.15, 0.2) is 12.4 Å². The van der Waals surface area contributed by atoms with Gasteiger partial charge in [-0.2, -0.15) is 0 Å². The van der Waals surface area contributed by atoms with E-state index in [-0.39, 0.29) is 13.2 Å².